The minimum atomic E-state index is -0.271. The van der Waals surface area contributed by atoms with Gasteiger partial charge in [0.05, 0.1) is 16.3 Å². The Kier molecular flexibility index (Phi) is 2.81. The van der Waals surface area contributed by atoms with Crippen LogP contribution in [-0.4, -0.2) is 4.98 Å². The maximum atomic E-state index is 13.1. The summed E-state index contributed by atoms with van der Waals surface area (Å²) in [6, 6.07) is 14.1. The number of hydrogen-bond acceptors (Lipinski definition) is 3. The van der Waals surface area contributed by atoms with Crippen molar-refractivity contribution in [1.82, 2.24) is 4.98 Å². The number of thiazole rings is 1. The number of halogens is 1. The zero-order chi connectivity index (χ0) is 12.5. The van der Waals surface area contributed by atoms with Crippen molar-refractivity contribution in [3.8, 4) is 0 Å². The molecular formula is C14H11FN2S. The molecule has 0 spiro atoms. The zero-order valence-electron chi connectivity index (χ0n) is 9.51. The van der Waals surface area contributed by atoms with Crippen molar-refractivity contribution in [3.63, 3.8) is 0 Å². The molecule has 0 saturated carbocycles. The summed E-state index contributed by atoms with van der Waals surface area (Å²) in [6.45, 7) is 0. The van der Waals surface area contributed by atoms with Gasteiger partial charge in [-0.1, -0.05) is 30.3 Å². The summed E-state index contributed by atoms with van der Waals surface area (Å²) in [4.78, 5) is 4.40. The summed E-state index contributed by atoms with van der Waals surface area (Å²) >= 11 is 1.51. The van der Waals surface area contributed by atoms with E-state index >= 15 is 0 Å². The van der Waals surface area contributed by atoms with Gasteiger partial charge in [0.25, 0.3) is 0 Å². The van der Waals surface area contributed by atoms with Gasteiger partial charge in [-0.25, -0.2) is 9.37 Å². The van der Waals surface area contributed by atoms with E-state index in [0.29, 0.717) is 5.52 Å². The van der Waals surface area contributed by atoms with Crippen LogP contribution >= 0.6 is 11.3 Å². The number of benzene rings is 2. The molecule has 2 nitrogen and oxygen atoms in total. The number of hydrogen-bond donors (Lipinski definition) is 1. The van der Waals surface area contributed by atoms with Gasteiger partial charge in [0.1, 0.15) is 10.8 Å². The third kappa shape index (κ3) is 2.00. The molecule has 0 saturated heterocycles. The monoisotopic (exact) mass is 258 g/mol. The fourth-order valence-corrected chi connectivity index (χ4v) is 2.83. The Labute approximate surface area is 108 Å². The van der Waals surface area contributed by atoms with E-state index in [1.807, 2.05) is 30.3 Å². The highest BCUT2D eigenvalue weighted by molar-refractivity contribution is 7.18. The number of aromatic nitrogens is 1. The van der Waals surface area contributed by atoms with E-state index in [9.17, 15) is 4.39 Å². The van der Waals surface area contributed by atoms with Gasteiger partial charge in [0, 0.05) is 6.07 Å². The molecule has 0 aliphatic heterocycles. The molecule has 2 aromatic carbocycles. The molecule has 90 valence electrons. The molecule has 0 fully saturated rings. The normalized spacial score (nSPS) is 12.8. The summed E-state index contributed by atoms with van der Waals surface area (Å²) in [6.07, 6.45) is 0. The summed E-state index contributed by atoms with van der Waals surface area (Å²) < 4.78 is 14.1. The first-order valence-corrected chi connectivity index (χ1v) is 6.42. The third-order valence-corrected chi connectivity index (χ3v) is 3.91. The lowest BCUT2D eigenvalue weighted by Gasteiger charge is -2.07. The molecule has 1 unspecified atom stereocenters. The second-order valence-corrected chi connectivity index (χ2v) is 5.11. The molecule has 18 heavy (non-hydrogen) atoms. The molecule has 0 radical (unpaired) electrons. The minimum Gasteiger partial charge on any atom is -0.318 e. The lowest BCUT2D eigenvalue weighted by molar-refractivity contribution is 0.629. The number of rotatable bonds is 2. The summed E-state index contributed by atoms with van der Waals surface area (Å²) in [5.74, 6) is -0.271. The van der Waals surface area contributed by atoms with Crippen molar-refractivity contribution in [2.24, 2.45) is 5.73 Å². The molecular weight excluding hydrogens is 247 g/mol. The molecule has 2 N–H and O–H groups in total. The average molecular weight is 258 g/mol. The lowest BCUT2D eigenvalue weighted by atomic mass is 10.1. The van der Waals surface area contributed by atoms with E-state index in [1.165, 1.54) is 23.5 Å². The van der Waals surface area contributed by atoms with E-state index < -0.39 is 0 Å². The first-order valence-electron chi connectivity index (χ1n) is 5.60. The van der Waals surface area contributed by atoms with Crippen molar-refractivity contribution >= 4 is 21.6 Å². The van der Waals surface area contributed by atoms with Crippen molar-refractivity contribution in [2.45, 2.75) is 6.04 Å². The highest BCUT2D eigenvalue weighted by atomic mass is 32.1. The number of fused-ring (bicyclic) bond motifs is 1. The van der Waals surface area contributed by atoms with E-state index in [1.54, 1.807) is 6.07 Å². The molecule has 3 aromatic rings. The molecule has 0 aliphatic carbocycles. The fraction of sp³-hybridized carbons (Fsp3) is 0.0714. The first kappa shape index (κ1) is 11.3. The maximum Gasteiger partial charge on any atom is 0.125 e. The van der Waals surface area contributed by atoms with Crippen molar-refractivity contribution < 1.29 is 4.39 Å². The second-order valence-electron chi connectivity index (χ2n) is 4.05. The van der Waals surface area contributed by atoms with Gasteiger partial charge in [0.2, 0.25) is 0 Å². The van der Waals surface area contributed by atoms with E-state index in [0.717, 1.165) is 15.3 Å². The molecule has 1 heterocycles. The van der Waals surface area contributed by atoms with Gasteiger partial charge in [-0.15, -0.1) is 11.3 Å². The zero-order valence-corrected chi connectivity index (χ0v) is 10.3. The summed E-state index contributed by atoms with van der Waals surface area (Å²) in [5, 5.41) is 0.807. The van der Waals surface area contributed by atoms with Gasteiger partial charge >= 0.3 is 0 Å². The highest BCUT2D eigenvalue weighted by Gasteiger charge is 2.13. The number of nitrogens with zero attached hydrogens (tertiary/aromatic N) is 1. The maximum absolute atomic E-state index is 13.1. The highest BCUT2D eigenvalue weighted by Crippen LogP contribution is 2.29. The molecule has 0 bridgehead atoms. The Morgan fingerprint density at radius 1 is 1.11 bits per heavy atom. The average Bonchev–Trinajstić information content (AvgIpc) is 2.81. The smallest absolute Gasteiger partial charge is 0.125 e. The standard InChI is InChI=1S/C14H11FN2S/c15-10-6-7-12-11(8-10)17-14(18-12)13(16)9-4-2-1-3-5-9/h1-8,13H,16H2. The predicted molar refractivity (Wildman–Crippen MR) is 72.1 cm³/mol. The van der Waals surface area contributed by atoms with Crippen molar-refractivity contribution in [3.05, 3.63) is 64.9 Å². The molecule has 1 aromatic heterocycles. The van der Waals surface area contributed by atoms with Gasteiger partial charge in [-0.2, -0.15) is 0 Å². The SMILES string of the molecule is NC(c1ccccc1)c1nc2cc(F)ccc2s1. The topological polar surface area (TPSA) is 38.9 Å². The fourth-order valence-electron chi connectivity index (χ4n) is 1.85. The van der Waals surface area contributed by atoms with Crippen LogP contribution in [-0.2, 0) is 0 Å². The largest absolute Gasteiger partial charge is 0.318 e. The Balaban J connectivity index is 2.04. The second kappa shape index (κ2) is 4.48. The van der Waals surface area contributed by atoms with Crippen LogP contribution in [0.3, 0.4) is 0 Å². The summed E-state index contributed by atoms with van der Waals surface area (Å²) in [7, 11) is 0. The first-order chi connectivity index (χ1) is 8.74. The van der Waals surface area contributed by atoms with Crippen LogP contribution in [0.15, 0.2) is 48.5 Å². The van der Waals surface area contributed by atoms with E-state index in [-0.39, 0.29) is 11.9 Å². The Morgan fingerprint density at radius 2 is 1.89 bits per heavy atom. The Bertz CT molecular complexity index is 679. The van der Waals surface area contributed by atoms with Crippen LogP contribution in [0, 0.1) is 5.82 Å². The van der Waals surface area contributed by atoms with Gasteiger partial charge < -0.3 is 5.73 Å². The van der Waals surface area contributed by atoms with E-state index in [4.69, 9.17) is 5.73 Å². The Hall–Kier alpha value is -1.78. The summed E-state index contributed by atoms with van der Waals surface area (Å²) in [5.41, 5.74) is 7.85. The number of nitrogens with two attached hydrogens (primary N) is 1. The van der Waals surface area contributed by atoms with Crippen LogP contribution in [0.4, 0.5) is 4.39 Å². The van der Waals surface area contributed by atoms with Crippen molar-refractivity contribution in [1.29, 1.82) is 0 Å². The van der Waals surface area contributed by atoms with E-state index in [2.05, 4.69) is 4.98 Å². The Morgan fingerprint density at radius 3 is 2.67 bits per heavy atom. The van der Waals surface area contributed by atoms with Crippen LogP contribution in [0.5, 0.6) is 0 Å². The lowest BCUT2D eigenvalue weighted by Crippen LogP contribution is -2.10. The molecule has 1 atom stereocenters. The predicted octanol–water partition coefficient (Wildman–Crippen LogP) is 3.48. The quantitative estimate of drug-likeness (QED) is 0.764. The van der Waals surface area contributed by atoms with Crippen LogP contribution in [0.2, 0.25) is 0 Å². The molecule has 0 aliphatic rings. The van der Waals surface area contributed by atoms with Crippen LogP contribution in [0.25, 0.3) is 10.2 Å². The van der Waals surface area contributed by atoms with Crippen molar-refractivity contribution in [2.75, 3.05) is 0 Å². The van der Waals surface area contributed by atoms with Gasteiger partial charge in [-0.05, 0) is 17.7 Å². The van der Waals surface area contributed by atoms with Crippen LogP contribution in [0.1, 0.15) is 16.6 Å². The molecule has 3 rings (SSSR count). The molecule has 4 heteroatoms. The minimum absolute atomic E-state index is 0.258. The van der Waals surface area contributed by atoms with Gasteiger partial charge in [-0.3, -0.25) is 0 Å². The van der Waals surface area contributed by atoms with Gasteiger partial charge in [0.15, 0.2) is 0 Å². The van der Waals surface area contributed by atoms with Crippen LogP contribution < -0.4 is 5.73 Å². The third-order valence-electron chi connectivity index (χ3n) is 2.79. The molecule has 0 amide bonds.